The number of allylic oxidation sites excluding steroid dienone is 2. The predicted octanol–water partition coefficient (Wildman–Crippen LogP) is 5.25. The van der Waals surface area contributed by atoms with Gasteiger partial charge in [-0.1, -0.05) is 71.9 Å². The number of anilines is 1. The van der Waals surface area contributed by atoms with Crippen molar-refractivity contribution in [3.8, 4) is 0 Å². The summed E-state index contributed by atoms with van der Waals surface area (Å²) in [5, 5.41) is 9.53. The van der Waals surface area contributed by atoms with Crippen LogP contribution in [-0.2, 0) is 10.5 Å². The molecule has 2 heterocycles. The van der Waals surface area contributed by atoms with Crippen LogP contribution >= 0.6 is 23.4 Å². The predicted molar refractivity (Wildman–Crippen MR) is 115 cm³/mol. The summed E-state index contributed by atoms with van der Waals surface area (Å²) in [7, 11) is 0. The van der Waals surface area contributed by atoms with Crippen LogP contribution < -0.4 is 5.32 Å². The van der Waals surface area contributed by atoms with Gasteiger partial charge in [0, 0.05) is 28.5 Å². The van der Waals surface area contributed by atoms with Crippen LogP contribution in [0.2, 0.25) is 5.02 Å². The molecule has 0 fully saturated rings. The van der Waals surface area contributed by atoms with Crippen molar-refractivity contribution in [2.24, 2.45) is 0 Å². The number of halogens is 1. The number of fused-ring (bicyclic) bond motifs is 1. The Balaban J connectivity index is 1.50. The van der Waals surface area contributed by atoms with Crippen molar-refractivity contribution in [3.05, 3.63) is 82.0 Å². The van der Waals surface area contributed by atoms with Crippen LogP contribution in [0.4, 0.5) is 5.95 Å². The second-order valence-electron chi connectivity index (χ2n) is 7.15. The number of ketones is 1. The summed E-state index contributed by atoms with van der Waals surface area (Å²) in [6.45, 7) is 0. The third-order valence-corrected chi connectivity index (χ3v) is 6.53. The number of thioether (sulfide) groups is 1. The molecule has 0 bridgehead atoms. The lowest BCUT2D eigenvalue weighted by Crippen LogP contribution is -2.31. The van der Waals surface area contributed by atoms with E-state index in [2.05, 4.69) is 5.32 Å². The molecule has 0 spiro atoms. The van der Waals surface area contributed by atoms with Gasteiger partial charge in [-0.15, -0.1) is 5.10 Å². The van der Waals surface area contributed by atoms with E-state index in [1.807, 2.05) is 59.3 Å². The molecule has 1 atom stereocenters. The standard InChI is InChI=1S/C22H19ClN4OS/c23-16-10-5-4-9-15(16)13-29-22-25-21-24-17-11-6-12-18(28)19(17)20(27(21)26-22)14-7-2-1-3-8-14/h1-5,7-10,20H,6,11-13H2,(H,24,25,26)/t20-/m1/s1. The van der Waals surface area contributed by atoms with Gasteiger partial charge >= 0.3 is 0 Å². The highest BCUT2D eigenvalue weighted by atomic mass is 35.5. The highest BCUT2D eigenvalue weighted by Crippen LogP contribution is 2.40. The van der Waals surface area contributed by atoms with Gasteiger partial charge in [0.05, 0.1) is 0 Å². The van der Waals surface area contributed by atoms with Crippen molar-refractivity contribution in [2.75, 3.05) is 5.32 Å². The van der Waals surface area contributed by atoms with Gasteiger partial charge in [0.1, 0.15) is 6.04 Å². The first-order valence-electron chi connectivity index (χ1n) is 9.61. The molecule has 0 radical (unpaired) electrons. The Morgan fingerprint density at radius 3 is 2.72 bits per heavy atom. The summed E-state index contributed by atoms with van der Waals surface area (Å²) >= 11 is 7.82. The monoisotopic (exact) mass is 422 g/mol. The number of Topliss-reactive ketones (excluding diaryl/α,β-unsaturated/α-hetero) is 1. The van der Waals surface area contributed by atoms with E-state index in [1.54, 1.807) is 11.8 Å². The van der Waals surface area contributed by atoms with Gasteiger partial charge in [0.25, 0.3) is 0 Å². The molecule has 29 heavy (non-hydrogen) atoms. The number of hydrogen-bond acceptors (Lipinski definition) is 5. The Bertz CT molecular complexity index is 1110. The summed E-state index contributed by atoms with van der Waals surface area (Å²) in [5.41, 5.74) is 3.90. The number of rotatable bonds is 4. The van der Waals surface area contributed by atoms with Crippen LogP contribution in [0.5, 0.6) is 0 Å². The minimum Gasteiger partial charge on any atom is -0.328 e. The molecule has 1 aromatic heterocycles. The zero-order valence-corrected chi connectivity index (χ0v) is 17.2. The summed E-state index contributed by atoms with van der Waals surface area (Å²) in [6, 6.07) is 17.6. The number of benzene rings is 2. The molecular weight excluding hydrogens is 404 g/mol. The van der Waals surface area contributed by atoms with E-state index in [9.17, 15) is 4.79 Å². The first-order chi connectivity index (χ1) is 14.2. The lowest BCUT2D eigenvalue weighted by Gasteiger charge is -2.32. The van der Waals surface area contributed by atoms with Crippen molar-refractivity contribution in [3.63, 3.8) is 0 Å². The lowest BCUT2D eigenvalue weighted by atomic mass is 9.85. The van der Waals surface area contributed by atoms with Crippen molar-refractivity contribution >= 4 is 35.1 Å². The van der Waals surface area contributed by atoms with E-state index in [0.29, 0.717) is 23.3 Å². The Kier molecular flexibility index (Phi) is 4.89. The van der Waals surface area contributed by atoms with Gasteiger partial charge in [0.15, 0.2) is 5.78 Å². The average Bonchev–Trinajstić information content (AvgIpc) is 3.15. The van der Waals surface area contributed by atoms with Gasteiger partial charge in [-0.2, -0.15) is 4.98 Å². The summed E-state index contributed by atoms with van der Waals surface area (Å²) in [5.74, 6) is 1.57. The van der Waals surface area contributed by atoms with Gasteiger partial charge in [-0.25, -0.2) is 4.68 Å². The van der Waals surface area contributed by atoms with Gasteiger partial charge in [-0.05, 0) is 30.0 Å². The summed E-state index contributed by atoms with van der Waals surface area (Å²) < 4.78 is 1.85. The molecule has 1 aliphatic carbocycles. The quantitative estimate of drug-likeness (QED) is 0.582. The Hall–Kier alpha value is -2.57. The number of nitrogens with zero attached hydrogens (tertiary/aromatic N) is 3. The van der Waals surface area contributed by atoms with Crippen molar-refractivity contribution in [2.45, 2.75) is 36.2 Å². The Morgan fingerprint density at radius 1 is 1.10 bits per heavy atom. The zero-order chi connectivity index (χ0) is 19.8. The molecule has 2 aliphatic rings. The van der Waals surface area contributed by atoms with E-state index in [4.69, 9.17) is 21.7 Å². The molecule has 0 saturated carbocycles. The molecular formula is C22H19ClN4OS. The summed E-state index contributed by atoms with van der Waals surface area (Å²) in [4.78, 5) is 17.5. The fourth-order valence-corrected chi connectivity index (χ4v) is 5.01. The molecule has 5 rings (SSSR count). The van der Waals surface area contributed by atoms with E-state index < -0.39 is 0 Å². The van der Waals surface area contributed by atoms with E-state index in [-0.39, 0.29) is 11.8 Å². The molecule has 0 amide bonds. The van der Waals surface area contributed by atoms with Crippen LogP contribution in [0, 0.1) is 0 Å². The number of aromatic nitrogens is 3. The fourth-order valence-electron chi connectivity index (χ4n) is 3.90. The molecule has 1 aliphatic heterocycles. The molecule has 146 valence electrons. The highest BCUT2D eigenvalue weighted by Gasteiger charge is 2.36. The minimum atomic E-state index is -0.239. The zero-order valence-electron chi connectivity index (χ0n) is 15.6. The van der Waals surface area contributed by atoms with Crippen molar-refractivity contribution in [1.29, 1.82) is 0 Å². The molecule has 0 unspecified atom stereocenters. The van der Waals surface area contributed by atoms with Gasteiger partial charge in [-0.3, -0.25) is 4.79 Å². The number of hydrogen-bond donors (Lipinski definition) is 1. The molecule has 7 heteroatoms. The molecule has 5 nitrogen and oxygen atoms in total. The maximum atomic E-state index is 12.8. The largest absolute Gasteiger partial charge is 0.328 e. The lowest BCUT2D eigenvalue weighted by molar-refractivity contribution is -0.116. The minimum absolute atomic E-state index is 0.194. The van der Waals surface area contributed by atoms with Crippen LogP contribution in [0.15, 0.2) is 71.0 Å². The summed E-state index contributed by atoms with van der Waals surface area (Å²) in [6.07, 6.45) is 2.32. The first-order valence-corrected chi connectivity index (χ1v) is 11.0. The average molecular weight is 423 g/mol. The van der Waals surface area contributed by atoms with E-state index >= 15 is 0 Å². The van der Waals surface area contributed by atoms with Crippen LogP contribution in [-0.4, -0.2) is 20.5 Å². The second-order valence-corrected chi connectivity index (χ2v) is 8.50. The van der Waals surface area contributed by atoms with E-state index in [0.717, 1.165) is 40.3 Å². The number of nitrogens with one attached hydrogen (secondary N) is 1. The van der Waals surface area contributed by atoms with E-state index in [1.165, 1.54) is 0 Å². The third-order valence-electron chi connectivity index (χ3n) is 5.28. The van der Waals surface area contributed by atoms with Crippen molar-refractivity contribution in [1.82, 2.24) is 14.8 Å². The highest BCUT2D eigenvalue weighted by molar-refractivity contribution is 7.98. The number of carbonyl (C=O) groups excluding carboxylic acids is 1. The first kappa shape index (κ1) is 18.5. The maximum absolute atomic E-state index is 12.8. The molecule has 2 aromatic carbocycles. The van der Waals surface area contributed by atoms with Crippen LogP contribution in [0.3, 0.4) is 0 Å². The third kappa shape index (κ3) is 3.47. The van der Waals surface area contributed by atoms with Crippen LogP contribution in [0.1, 0.15) is 36.4 Å². The van der Waals surface area contributed by atoms with Crippen molar-refractivity contribution < 1.29 is 4.79 Å². The molecule has 3 aromatic rings. The van der Waals surface area contributed by atoms with Crippen LogP contribution in [0.25, 0.3) is 0 Å². The number of carbonyl (C=O) groups is 1. The van der Waals surface area contributed by atoms with Gasteiger partial charge in [0.2, 0.25) is 11.1 Å². The fraction of sp³-hybridized carbons (Fsp3) is 0.227. The molecule has 0 saturated heterocycles. The molecule has 1 N–H and O–H groups in total. The van der Waals surface area contributed by atoms with Gasteiger partial charge < -0.3 is 5.32 Å². The maximum Gasteiger partial charge on any atom is 0.227 e. The second kappa shape index (κ2) is 7.69. The Labute approximate surface area is 178 Å². The topological polar surface area (TPSA) is 59.8 Å². The SMILES string of the molecule is O=C1CCCC2=C1[C@@H](c1ccccc1)n1nc(SCc3ccccc3Cl)nc1N2. The smallest absolute Gasteiger partial charge is 0.227 e. The normalized spacial score (nSPS) is 18.2. The Morgan fingerprint density at radius 2 is 1.90 bits per heavy atom.